The van der Waals surface area contributed by atoms with Crippen molar-refractivity contribution in [3.05, 3.63) is 0 Å². The first kappa shape index (κ1) is 14.3. The average Bonchev–Trinajstić information content (AvgIpc) is 2.76. The highest BCUT2D eigenvalue weighted by Crippen LogP contribution is 2.40. The molecule has 1 aliphatic heterocycles. The summed E-state index contributed by atoms with van der Waals surface area (Å²) in [6.07, 6.45) is 8.40. The molecule has 1 saturated carbocycles. The molecule has 0 aromatic carbocycles. The first-order valence-corrected chi connectivity index (χ1v) is 7.64. The minimum atomic E-state index is 0.174. The van der Waals surface area contributed by atoms with Crippen LogP contribution in [0.15, 0.2) is 0 Å². The van der Waals surface area contributed by atoms with Crippen LogP contribution in [0, 0.1) is 5.92 Å². The molecular weight excluding hydrogens is 226 g/mol. The standard InChI is InChI=1S/C15H29NO2/c1-12(2)9-14(11-17)16-13-5-8-18-15(10-13)6-3-4-7-15/h12-14,16-17H,3-11H2,1-2H3. The van der Waals surface area contributed by atoms with Crippen LogP contribution in [0.1, 0.15) is 58.8 Å². The van der Waals surface area contributed by atoms with E-state index in [4.69, 9.17) is 4.74 Å². The molecule has 1 saturated heterocycles. The molecule has 2 atom stereocenters. The van der Waals surface area contributed by atoms with Gasteiger partial charge in [-0.25, -0.2) is 0 Å². The van der Waals surface area contributed by atoms with Crippen molar-refractivity contribution in [3.8, 4) is 0 Å². The molecule has 3 nitrogen and oxygen atoms in total. The number of nitrogens with one attached hydrogen (secondary N) is 1. The second-order valence-electron chi connectivity index (χ2n) is 6.60. The number of hydrogen-bond acceptors (Lipinski definition) is 3. The van der Waals surface area contributed by atoms with E-state index in [2.05, 4.69) is 19.2 Å². The first-order chi connectivity index (χ1) is 8.63. The van der Waals surface area contributed by atoms with Crippen molar-refractivity contribution in [2.75, 3.05) is 13.2 Å². The summed E-state index contributed by atoms with van der Waals surface area (Å²) in [6, 6.07) is 0.791. The summed E-state index contributed by atoms with van der Waals surface area (Å²) in [6.45, 7) is 5.57. The number of hydrogen-bond donors (Lipinski definition) is 2. The van der Waals surface area contributed by atoms with Crippen molar-refractivity contribution in [3.63, 3.8) is 0 Å². The molecule has 0 bridgehead atoms. The molecule has 1 heterocycles. The van der Waals surface area contributed by atoms with E-state index >= 15 is 0 Å². The van der Waals surface area contributed by atoms with Crippen molar-refractivity contribution in [1.29, 1.82) is 0 Å². The molecule has 18 heavy (non-hydrogen) atoms. The van der Waals surface area contributed by atoms with Crippen LogP contribution in [-0.4, -0.2) is 36.0 Å². The fourth-order valence-electron chi connectivity index (χ4n) is 3.64. The van der Waals surface area contributed by atoms with Crippen molar-refractivity contribution in [1.82, 2.24) is 5.32 Å². The van der Waals surface area contributed by atoms with Gasteiger partial charge in [0.15, 0.2) is 0 Å². The lowest BCUT2D eigenvalue weighted by atomic mass is 9.88. The lowest BCUT2D eigenvalue weighted by molar-refractivity contribution is -0.0855. The zero-order chi connectivity index (χ0) is 13.0. The summed E-state index contributed by atoms with van der Waals surface area (Å²) in [4.78, 5) is 0. The number of aliphatic hydroxyl groups is 1. The van der Waals surface area contributed by atoms with Crippen molar-refractivity contribution in [2.45, 2.75) is 76.5 Å². The fourth-order valence-corrected chi connectivity index (χ4v) is 3.64. The van der Waals surface area contributed by atoms with Gasteiger partial charge in [-0.2, -0.15) is 0 Å². The van der Waals surface area contributed by atoms with Gasteiger partial charge in [0.25, 0.3) is 0 Å². The molecule has 0 amide bonds. The van der Waals surface area contributed by atoms with Gasteiger partial charge in [-0.1, -0.05) is 26.7 Å². The quantitative estimate of drug-likeness (QED) is 0.793. The summed E-state index contributed by atoms with van der Waals surface area (Å²) in [5.41, 5.74) is 0.174. The van der Waals surface area contributed by atoms with Gasteiger partial charge < -0.3 is 15.2 Å². The molecule has 2 N–H and O–H groups in total. The van der Waals surface area contributed by atoms with Gasteiger partial charge >= 0.3 is 0 Å². The maximum absolute atomic E-state index is 9.47. The lowest BCUT2D eigenvalue weighted by Gasteiger charge is -2.40. The zero-order valence-electron chi connectivity index (χ0n) is 12.0. The molecular formula is C15H29NO2. The Balaban J connectivity index is 1.84. The highest BCUT2D eigenvalue weighted by atomic mass is 16.5. The van der Waals surface area contributed by atoms with E-state index in [1.54, 1.807) is 0 Å². The molecule has 0 aromatic rings. The molecule has 0 radical (unpaired) electrons. The van der Waals surface area contributed by atoms with E-state index in [9.17, 15) is 5.11 Å². The van der Waals surface area contributed by atoms with Gasteiger partial charge in [-0.15, -0.1) is 0 Å². The van der Waals surface area contributed by atoms with Crippen LogP contribution >= 0.6 is 0 Å². The highest BCUT2D eigenvalue weighted by molar-refractivity contribution is 4.94. The zero-order valence-corrected chi connectivity index (χ0v) is 12.0. The fraction of sp³-hybridized carbons (Fsp3) is 1.00. The normalized spacial score (nSPS) is 29.0. The first-order valence-electron chi connectivity index (χ1n) is 7.64. The Hall–Kier alpha value is -0.120. The third kappa shape index (κ3) is 3.69. The number of rotatable bonds is 5. The summed E-state index contributed by atoms with van der Waals surface area (Å²) in [7, 11) is 0. The average molecular weight is 255 g/mol. The predicted molar refractivity (Wildman–Crippen MR) is 73.6 cm³/mol. The van der Waals surface area contributed by atoms with Crippen LogP contribution in [0.4, 0.5) is 0 Å². The van der Waals surface area contributed by atoms with E-state index in [1.165, 1.54) is 25.7 Å². The molecule has 2 aliphatic rings. The SMILES string of the molecule is CC(C)CC(CO)NC1CCOC2(CCCC2)C1. The van der Waals surface area contributed by atoms with Crippen molar-refractivity contribution < 1.29 is 9.84 Å². The molecule has 1 aliphatic carbocycles. The van der Waals surface area contributed by atoms with Crippen LogP contribution in [-0.2, 0) is 4.74 Å². The third-order valence-electron chi connectivity index (χ3n) is 4.46. The Bertz CT molecular complexity index is 249. The minimum Gasteiger partial charge on any atom is -0.395 e. The summed E-state index contributed by atoms with van der Waals surface area (Å²) in [5, 5.41) is 13.1. The molecule has 0 aromatic heterocycles. The second kappa shape index (κ2) is 6.36. The van der Waals surface area contributed by atoms with Crippen LogP contribution in [0.25, 0.3) is 0 Å². The molecule has 2 fully saturated rings. The third-order valence-corrected chi connectivity index (χ3v) is 4.46. The Morgan fingerprint density at radius 2 is 2.06 bits per heavy atom. The van der Waals surface area contributed by atoms with Crippen LogP contribution in [0.5, 0.6) is 0 Å². The van der Waals surface area contributed by atoms with Gasteiger partial charge in [-0.05, 0) is 38.0 Å². The Morgan fingerprint density at radius 1 is 1.33 bits per heavy atom. The highest BCUT2D eigenvalue weighted by Gasteiger charge is 2.40. The Morgan fingerprint density at radius 3 is 2.67 bits per heavy atom. The minimum absolute atomic E-state index is 0.174. The van der Waals surface area contributed by atoms with Crippen LogP contribution < -0.4 is 5.32 Å². The van der Waals surface area contributed by atoms with Crippen molar-refractivity contribution >= 4 is 0 Å². The summed E-state index contributed by atoms with van der Waals surface area (Å²) < 4.78 is 6.05. The summed E-state index contributed by atoms with van der Waals surface area (Å²) >= 11 is 0. The lowest BCUT2D eigenvalue weighted by Crippen LogP contribution is -2.49. The van der Waals surface area contributed by atoms with Gasteiger partial charge in [0.05, 0.1) is 12.2 Å². The van der Waals surface area contributed by atoms with E-state index in [0.717, 1.165) is 25.9 Å². The number of aliphatic hydroxyl groups excluding tert-OH is 1. The van der Waals surface area contributed by atoms with Crippen LogP contribution in [0.3, 0.4) is 0 Å². The molecule has 106 valence electrons. The maximum Gasteiger partial charge on any atom is 0.0697 e. The van der Waals surface area contributed by atoms with E-state index in [1.807, 2.05) is 0 Å². The molecule has 1 spiro atoms. The van der Waals surface area contributed by atoms with E-state index < -0.39 is 0 Å². The van der Waals surface area contributed by atoms with Crippen LogP contribution in [0.2, 0.25) is 0 Å². The summed E-state index contributed by atoms with van der Waals surface area (Å²) in [5.74, 6) is 0.634. The van der Waals surface area contributed by atoms with Crippen molar-refractivity contribution in [2.24, 2.45) is 5.92 Å². The largest absolute Gasteiger partial charge is 0.395 e. The predicted octanol–water partition coefficient (Wildman–Crippen LogP) is 2.47. The van der Waals surface area contributed by atoms with E-state index in [-0.39, 0.29) is 18.2 Å². The smallest absolute Gasteiger partial charge is 0.0697 e. The second-order valence-corrected chi connectivity index (χ2v) is 6.60. The number of ether oxygens (including phenoxy) is 1. The van der Waals surface area contributed by atoms with Gasteiger partial charge in [-0.3, -0.25) is 0 Å². The molecule has 2 rings (SSSR count). The Kier molecular flexibility index (Phi) is 5.05. The monoisotopic (exact) mass is 255 g/mol. The van der Waals surface area contributed by atoms with Gasteiger partial charge in [0.2, 0.25) is 0 Å². The van der Waals surface area contributed by atoms with E-state index in [0.29, 0.717) is 12.0 Å². The molecule has 3 heteroatoms. The molecule has 2 unspecified atom stereocenters. The maximum atomic E-state index is 9.47. The van der Waals surface area contributed by atoms with Gasteiger partial charge in [0, 0.05) is 18.7 Å². The van der Waals surface area contributed by atoms with Gasteiger partial charge in [0.1, 0.15) is 0 Å². The Labute approximate surface area is 111 Å². The topological polar surface area (TPSA) is 41.5 Å².